The third-order valence-corrected chi connectivity index (χ3v) is 1.97. The average molecular weight is 190 g/mol. The first-order chi connectivity index (χ1) is 3.89. The number of halogens is 1. The lowest BCUT2D eigenvalue weighted by Crippen LogP contribution is -1.29. The summed E-state index contributed by atoms with van der Waals surface area (Å²) in [5.74, 6) is 0. The van der Waals surface area contributed by atoms with E-state index in [1.54, 1.807) is 11.3 Å². The minimum atomic E-state index is 1.20. The van der Waals surface area contributed by atoms with E-state index < -0.39 is 0 Å². The SMILES string of the molecule is Brc1cccs1.C#N. The van der Waals surface area contributed by atoms with Crippen LogP contribution in [-0.4, -0.2) is 0 Å². The second kappa shape index (κ2) is 4.82. The largest absolute Gasteiger partial charge is 0.202 e. The monoisotopic (exact) mass is 189 g/mol. The smallest absolute Gasteiger partial charge is 0.0698 e. The molecular formula is C5H4BrNS. The highest BCUT2D eigenvalue weighted by Gasteiger charge is 1.77. The van der Waals surface area contributed by atoms with E-state index in [2.05, 4.69) is 22.5 Å². The molecule has 0 radical (unpaired) electrons. The van der Waals surface area contributed by atoms with Crippen molar-refractivity contribution in [2.45, 2.75) is 0 Å². The second-order valence-corrected chi connectivity index (χ2v) is 3.24. The summed E-state index contributed by atoms with van der Waals surface area (Å²) < 4.78 is 1.20. The first-order valence-corrected chi connectivity index (χ1v) is 3.52. The predicted octanol–water partition coefficient (Wildman–Crippen LogP) is 2.65. The Kier molecular flexibility index (Phi) is 4.62. The molecule has 3 heteroatoms. The number of hydrogen-bond donors (Lipinski definition) is 0. The van der Waals surface area contributed by atoms with Crippen molar-refractivity contribution in [2.24, 2.45) is 0 Å². The van der Waals surface area contributed by atoms with Gasteiger partial charge in [0.25, 0.3) is 0 Å². The number of nitriles is 1. The van der Waals surface area contributed by atoms with E-state index in [-0.39, 0.29) is 0 Å². The molecule has 0 spiro atoms. The van der Waals surface area contributed by atoms with E-state index in [0.717, 1.165) is 0 Å². The van der Waals surface area contributed by atoms with Gasteiger partial charge in [0.05, 0.1) is 3.79 Å². The maximum atomic E-state index is 6.50. The van der Waals surface area contributed by atoms with Crippen LogP contribution in [0.5, 0.6) is 0 Å². The lowest BCUT2D eigenvalue weighted by Gasteiger charge is -1.62. The van der Waals surface area contributed by atoms with Crippen LogP contribution in [0.4, 0.5) is 0 Å². The Morgan fingerprint density at radius 2 is 2.25 bits per heavy atom. The molecule has 1 aromatic heterocycles. The van der Waals surface area contributed by atoms with Gasteiger partial charge >= 0.3 is 0 Å². The van der Waals surface area contributed by atoms with Crippen molar-refractivity contribution < 1.29 is 0 Å². The van der Waals surface area contributed by atoms with Crippen LogP contribution in [0, 0.1) is 11.8 Å². The zero-order valence-electron chi connectivity index (χ0n) is 4.04. The summed E-state index contributed by atoms with van der Waals surface area (Å²) >= 11 is 4.99. The minimum absolute atomic E-state index is 1.20. The van der Waals surface area contributed by atoms with E-state index in [1.807, 2.05) is 17.5 Å². The minimum Gasteiger partial charge on any atom is -0.202 e. The van der Waals surface area contributed by atoms with E-state index in [0.29, 0.717) is 0 Å². The van der Waals surface area contributed by atoms with Crippen LogP contribution in [0.2, 0.25) is 0 Å². The molecule has 0 aliphatic rings. The highest BCUT2D eigenvalue weighted by molar-refractivity contribution is 9.11. The number of thiophene rings is 1. The molecule has 0 bridgehead atoms. The van der Waals surface area contributed by atoms with Crippen molar-refractivity contribution in [2.75, 3.05) is 0 Å². The Morgan fingerprint density at radius 1 is 1.62 bits per heavy atom. The standard InChI is InChI=1S/C4H3BrS.CHN/c5-4-2-1-3-6-4;1-2/h1-3H;1H. The van der Waals surface area contributed by atoms with E-state index in [9.17, 15) is 0 Å². The summed E-state index contributed by atoms with van der Waals surface area (Å²) in [6, 6.07) is 4.03. The lowest BCUT2D eigenvalue weighted by atomic mass is 10.7. The van der Waals surface area contributed by atoms with Gasteiger partial charge in [0.2, 0.25) is 0 Å². The van der Waals surface area contributed by atoms with Crippen molar-refractivity contribution in [3.8, 4) is 6.57 Å². The maximum absolute atomic E-state index is 6.50. The van der Waals surface area contributed by atoms with Gasteiger partial charge in [-0.2, -0.15) is 0 Å². The zero-order chi connectivity index (χ0) is 6.41. The molecule has 0 N–H and O–H groups in total. The maximum Gasteiger partial charge on any atom is 0.0698 e. The molecule has 0 unspecified atom stereocenters. The van der Waals surface area contributed by atoms with Crippen molar-refractivity contribution in [3.63, 3.8) is 0 Å². The van der Waals surface area contributed by atoms with Gasteiger partial charge in [-0.15, -0.1) is 11.3 Å². The molecule has 0 fully saturated rings. The first kappa shape index (κ1) is 7.67. The molecule has 0 amide bonds. The van der Waals surface area contributed by atoms with Crippen LogP contribution in [0.1, 0.15) is 0 Å². The van der Waals surface area contributed by atoms with Crippen LogP contribution in [0.25, 0.3) is 0 Å². The topological polar surface area (TPSA) is 23.8 Å². The highest BCUT2D eigenvalue weighted by Crippen LogP contribution is 2.14. The zero-order valence-corrected chi connectivity index (χ0v) is 6.45. The molecule has 0 saturated heterocycles. The molecule has 1 heterocycles. The Balaban J connectivity index is 0.000000222. The third-order valence-electron chi connectivity index (χ3n) is 0.486. The summed E-state index contributed by atoms with van der Waals surface area (Å²) in [4.78, 5) is 0. The molecule has 8 heavy (non-hydrogen) atoms. The summed E-state index contributed by atoms with van der Waals surface area (Å²) in [5, 5.41) is 8.53. The Bertz CT molecular complexity index is 145. The molecule has 1 aromatic rings. The van der Waals surface area contributed by atoms with Crippen LogP contribution in [0.3, 0.4) is 0 Å². The Hall–Kier alpha value is -0.330. The number of rotatable bonds is 0. The van der Waals surface area contributed by atoms with E-state index in [4.69, 9.17) is 5.26 Å². The van der Waals surface area contributed by atoms with Crippen molar-refractivity contribution in [3.05, 3.63) is 21.3 Å². The summed E-state index contributed by atoms with van der Waals surface area (Å²) in [5.41, 5.74) is 0. The predicted molar refractivity (Wildman–Crippen MR) is 38.7 cm³/mol. The fraction of sp³-hybridized carbons (Fsp3) is 0. The molecule has 0 atom stereocenters. The number of nitrogens with zero attached hydrogens (tertiary/aromatic N) is 1. The fourth-order valence-electron chi connectivity index (χ4n) is 0.259. The molecule has 1 rings (SSSR count). The number of hydrogen-bond acceptors (Lipinski definition) is 2. The van der Waals surface area contributed by atoms with Gasteiger partial charge in [-0.05, 0) is 27.4 Å². The molecule has 0 aliphatic carbocycles. The van der Waals surface area contributed by atoms with E-state index >= 15 is 0 Å². The second-order valence-electron chi connectivity index (χ2n) is 0.917. The normalized spacial score (nSPS) is 6.88. The molecule has 1 nitrogen and oxygen atoms in total. The summed E-state index contributed by atoms with van der Waals surface area (Å²) in [6.45, 7) is 3.50. The van der Waals surface area contributed by atoms with Crippen LogP contribution in [-0.2, 0) is 0 Å². The van der Waals surface area contributed by atoms with Gasteiger partial charge in [-0.3, -0.25) is 0 Å². The third kappa shape index (κ3) is 2.78. The molecule has 42 valence electrons. The Labute approximate surface area is 60.7 Å². The van der Waals surface area contributed by atoms with Crippen molar-refractivity contribution in [1.29, 1.82) is 5.26 Å². The van der Waals surface area contributed by atoms with Crippen molar-refractivity contribution >= 4 is 27.3 Å². The fourth-order valence-corrected chi connectivity index (χ4v) is 1.18. The van der Waals surface area contributed by atoms with Gasteiger partial charge in [-0.25, -0.2) is 5.26 Å². The van der Waals surface area contributed by atoms with Crippen molar-refractivity contribution in [1.82, 2.24) is 0 Å². The summed E-state index contributed by atoms with van der Waals surface area (Å²) in [6.07, 6.45) is 0. The van der Waals surface area contributed by atoms with Crippen LogP contribution < -0.4 is 0 Å². The molecule has 0 saturated carbocycles. The van der Waals surface area contributed by atoms with Crippen LogP contribution in [0.15, 0.2) is 21.3 Å². The molecule has 0 aliphatic heterocycles. The average Bonchev–Trinajstić information content (AvgIpc) is 2.24. The quantitative estimate of drug-likeness (QED) is 0.616. The first-order valence-electron chi connectivity index (χ1n) is 1.84. The highest BCUT2D eigenvalue weighted by atomic mass is 79.9. The van der Waals surface area contributed by atoms with Gasteiger partial charge in [0, 0.05) is 6.57 Å². The Morgan fingerprint density at radius 3 is 2.38 bits per heavy atom. The van der Waals surface area contributed by atoms with Gasteiger partial charge in [0.15, 0.2) is 0 Å². The lowest BCUT2D eigenvalue weighted by molar-refractivity contribution is 1.58. The van der Waals surface area contributed by atoms with Gasteiger partial charge in [0.1, 0.15) is 0 Å². The van der Waals surface area contributed by atoms with Gasteiger partial charge < -0.3 is 0 Å². The van der Waals surface area contributed by atoms with E-state index in [1.165, 1.54) is 3.79 Å². The summed E-state index contributed by atoms with van der Waals surface area (Å²) in [7, 11) is 0. The molecule has 0 aromatic carbocycles. The van der Waals surface area contributed by atoms with Crippen LogP contribution >= 0.6 is 27.3 Å². The molecular weight excluding hydrogens is 186 g/mol. The van der Waals surface area contributed by atoms with Gasteiger partial charge in [-0.1, -0.05) is 6.07 Å².